The molecule has 2 aromatic carbocycles. The predicted octanol–water partition coefficient (Wildman–Crippen LogP) is 4.04. The van der Waals surface area contributed by atoms with Crippen LogP contribution in [0.4, 0.5) is 10.1 Å². The number of ketones is 1. The van der Waals surface area contributed by atoms with Gasteiger partial charge in [-0.2, -0.15) is 0 Å². The molecule has 0 saturated heterocycles. The van der Waals surface area contributed by atoms with Crippen molar-refractivity contribution in [2.45, 2.75) is 12.8 Å². The summed E-state index contributed by atoms with van der Waals surface area (Å²) in [5.74, 6) is -1.89. The molecule has 1 aliphatic rings. The van der Waals surface area contributed by atoms with Gasteiger partial charge in [0, 0.05) is 22.2 Å². The van der Waals surface area contributed by atoms with Gasteiger partial charge >= 0.3 is 5.97 Å². The van der Waals surface area contributed by atoms with E-state index in [-0.39, 0.29) is 29.1 Å². The summed E-state index contributed by atoms with van der Waals surface area (Å²) in [4.78, 5) is 40.5. The molecule has 4 rings (SSSR count). The highest BCUT2D eigenvalue weighted by atomic mass is 32.1. The molecule has 0 radical (unpaired) electrons. The lowest BCUT2D eigenvalue weighted by molar-refractivity contribution is -0.116. The van der Waals surface area contributed by atoms with Gasteiger partial charge < -0.3 is 10.1 Å². The highest BCUT2D eigenvalue weighted by Gasteiger charge is 2.27. The Hall–Kier alpha value is -3.39. The minimum atomic E-state index is -0.714. The second-order valence-electron chi connectivity index (χ2n) is 6.56. The average Bonchev–Trinajstić information content (AvgIpc) is 3.32. The van der Waals surface area contributed by atoms with Crippen molar-refractivity contribution < 1.29 is 23.5 Å². The molecule has 8 heteroatoms. The first-order chi connectivity index (χ1) is 13.9. The molecule has 3 aromatic rings. The van der Waals surface area contributed by atoms with Crippen LogP contribution in [-0.2, 0) is 9.53 Å². The fourth-order valence-electron chi connectivity index (χ4n) is 2.97. The number of esters is 1. The predicted molar refractivity (Wildman–Crippen MR) is 106 cm³/mol. The minimum Gasteiger partial charge on any atom is -0.453 e. The quantitative estimate of drug-likeness (QED) is 0.507. The number of carbonyl (C=O) groups is 3. The number of Topliss-reactive ketones (excluding diaryl/α,β-unsaturated/α-hetero) is 1. The third-order valence-electron chi connectivity index (χ3n) is 4.63. The second kappa shape index (κ2) is 7.56. The van der Waals surface area contributed by atoms with Gasteiger partial charge in [0.05, 0.1) is 5.92 Å². The van der Waals surface area contributed by atoms with Crippen LogP contribution in [0.15, 0.2) is 47.8 Å². The standard InChI is InChI=1S/C21H15FN2O4S/c1-11-15-8-13(4-7-16(15)23-19(11)26)18(25)9-28-21(27)17-10-29-20(24-17)12-2-5-14(22)6-3-12/h2-8,10-11H,9H2,1H3,(H,23,26)/t11-/m1/s1. The van der Waals surface area contributed by atoms with E-state index in [1.54, 1.807) is 37.3 Å². The summed E-state index contributed by atoms with van der Waals surface area (Å²) >= 11 is 1.22. The normalized spacial score (nSPS) is 15.0. The lowest BCUT2D eigenvalue weighted by Crippen LogP contribution is -2.14. The zero-order valence-corrected chi connectivity index (χ0v) is 16.1. The summed E-state index contributed by atoms with van der Waals surface area (Å²) in [6.45, 7) is 1.33. The Morgan fingerprint density at radius 2 is 1.97 bits per heavy atom. The van der Waals surface area contributed by atoms with Gasteiger partial charge in [-0.1, -0.05) is 0 Å². The van der Waals surface area contributed by atoms with Crippen molar-refractivity contribution in [3.05, 3.63) is 70.5 Å². The lowest BCUT2D eigenvalue weighted by atomic mass is 9.99. The molecule has 1 amide bonds. The number of anilines is 1. The first kappa shape index (κ1) is 18.9. The molecule has 2 heterocycles. The molecule has 0 spiro atoms. The minimum absolute atomic E-state index is 0.0829. The van der Waals surface area contributed by atoms with E-state index in [1.165, 1.54) is 28.8 Å². The van der Waals surface area contributed by atoms with E-state index in [2.05, 4.69) is 10.3 Å². The van der Waals surface area contributed by atoms with Gasteiger partial charge in [0.2, 0.25) is 5.91 Å². The van der Waals surface area contributed by atoms with Crippen molar-refractivity contribution in [1.29, 1.82) is 0 Å². The van der Waals surface area contributed by atoms with Gasteiger partial charge in [-0.25, -0.2) is 14.2 Å². The summed E-state index contributed by atoms with van der Waals surface area (Å²) in [7, 11) is 0. The number of nitrogens with one attached hydrogen (secondary N) is 1. The molecule has 1 aromatic heterocycles. The number of aromatic nitrogens is 1. The third kappa shape index (κ3) is 3.79. The number of halogens is 1. The molecule has 6 nitrogen and oxygen atoms in total. The smallest absolute Gasteiger partial charge is 0.358 e. The van der Waals surface area contributed by atoms with Crippen molar-refractivity contribution in [3.8, 4) is 10.6 Å². The fraction of sp³-hybridized carbons (Fsp3) is 0.143. The Labute approximate surface area is 169 Å². The van der Waals surface area contributed by atoms with Crippen LogP contribution in [0.5, 0.6) is 0 Å². The number of hydrogen-bond acceptors (Lipinski definition) is 6. The van der Waals surface area contributed by atoms with Gasteiger partial charge in [0.25, 0.3) is 0 Å². The number of nitrogens with zero attached hydrogens (tertiary/aromatic N) is 1. The van der Waals surface area contributed by atoms with Gasteiger partial charge in [0.15, 0.2) is 18.1 Å². The first-order valence-electron chi connectivity index (χ1n) is 8.79. The summed E-state index contributed by atoms with van der Waals surface area (Å²) in [6.07, 6.45) is 0. The van der Waals surface area contributed by atoms with E-state index in [0.29, 0.717) is 21.8 Å². The maximum atomic E-state index is 13.0. The highest BCUT2D eigenvalue weighted by molar-refractivity contribution is 7.13. The van der Waals surface area contributed by atoms with E-state index in [4.69, 9.17) is 4.74 Å². The maximum Gasteiger partial charge on any atom is 0.358 e. The Morgan fingerprint density at radius 3 is 2.72 bits per heavy atom. The van der Waals surface area contributed by atoms with E-state index in [1.807, 2.05) is 0 Å². The molecule has 0 saturated carbocycles. The van der Waals surface area contributed by atoms with Crippen molar-refractivity contribution >= 4 is 34.7 Å². The zero-order valence-electron chi connectivity index (χ0n) is 15.3. The number of fused-ring (bicyclic) bond motifs is 1. The molecular weight excluding hydrogens is 395 g/mol. The molecule has 1 N–H and O–H groups in total. The molecule has 1 aliphatic heterocycles. The molecule has 29 heavy (non-hydrogen) atoms. The van der Waals surface area contributed by atoms with Crippen LogP contribution in [0, 0.1) is 5.82 Å². The van der Waals surface area contributed by atoms with Crippen LogP contribution >= 0.6 is 11.3 Å². The van der Waals surface area contributed by atoms with Crippen LogP contribution in [0.2, 0.25) is 0 Å². The van der Waals surface area contributed by atoms with E-state index in [9.17, 15) is 18.8 Å². The number of benzene rings is 2. The highest BCUT2D eigenvalue weighted by Crippen LogP contribution is 2.32. The molecule has 0 unspecified atom stereocenters. The lowest BCUT2D eigenvalue weighted by Gasteiger charge is -2.06. The first-order valence-corrected chi connectivity index (χ1v) is 9.67. The molecule has 0 bridgehead atoms. The Morgan fingerprint density at radius 1 is 1.21 bits per heavy atom. The number of thiazole rings is 1. The second-order valence-corrected chi connectivity index (χ2v) is 7.42. The molecule has 146 valence electrons. The van der Waals surface area contributed by atoms with Crippen molar-refractivity contribution in [2.24, 2.45) is 0 Å². The fourth-order valence-corrected chi connectivity index (χ4v) is 3.77. The average molecular weight is 410 g/mol. The topological polar surface area (TPSA) is 85.4 Å². The monoisotopic (exact) mass is 410 g/mol. The van der Waals surface area contributed by atoms with Gasteiger partial charge in [-0.05, 0) is 55.0 Å². The van der Waals surface area contributed by atoms with Crippen LogP contribution in [0.1, 0.15) is 39.3 Å². The summed E-state index contributed by atoms with van der Waals surface area (Å²) < 4.78 is 18.1. The van der Waals surface area contributed by atoms with E-state index >= 15 is 0 Å². The number of amides is 1. The van der Waals surface area contributed by atoms with E-state index < -0.39 is 12.6 Å². The summed E-state index contributed by atoms with van der Waals surface area (Å²) in [6, 6.07) is 10.7. The summed E-state index contributed by atoms with van der Waals surface area (Å²) in [5.41, 5.74) is 2.56. The number of carbonyl (C=O) groups excluding carboxylic acids is 3. The SMILES string of the molecule is C[C@H]1C(=O)Nc2ccc(C(=O)COC(=O)c3csc(-c4ccc(F)cc4)n3)cc21. The summed E-state index contributed by atoms with van der Waals surface area (Å²) in [5, 5.41) is 4.82. The van der Waals surface area contributed by atoms with Crippen LogP contribution in [0.3, 0.4) is 0 Å². The van der Waals surface area contributed by atoms with Crippen LogP contribution in [-0.4, -0.2) is 29.3 Å². The van der Waals surface area contributed by atoms with E-state index in [0.717, 1.165) is 5.56 Å². The maximum absolute atomic E-state index is 13.0. The van der Waals surface area contributed by atoms with Gasteiger partial charge in [0.1, 0.15) is 10.8 Å². The molecule has 1 atom stereocenters. The Bertz CT molecular complexity index is 1120. The third-order valence-corrected chi connectivity index (χ3v) is 5.52. The van der Waals surface area contributed by atoms with Crippen molar-refractivity contribution in [1.82, 2.24) is 4.98 Å². The molecule has 0 fully saturated rings. The molecular formula is C21H15FN2O4S. The Kier molecular flexibility index (Phi) is 4.94. The number of rotatable bonds is 5. The molecule has 0 aliphatic carbocycles. The zero-order chi connectivity index (χ0) is 20.5. The van der Waals surface area contributed by atoms with Crippen LogP contribution < -0.4 is 5.32 Å². The Balaban J connectivity index is 1.41. The van der Waals surface area contributed by atoms with Crippen LogP contribution in [0.25, 0.3) is 10.6 Å². The number of ether oxygens (including phenoxy) is 1. The largest absolute Gasteiger partial charge is 0.453 e. The van der Waals surface area contributed by atoms with Crippen molar-refractivity contribution in [2.75, 3.05) is 11.9 Å². The van der Waals surface area contributed by atoms with Crippen molar-refractivity contribution in [3.63, 3.8) is 0 Å². The van der Waals surface area contributed by atoms with Gasteiger partial charge in [-0.15, -0.1) is 11.3 Å². The number of hydrogen-bond donors (Lipinski definition) is 1. The van der Waals surface area contributed by atoms with Gasteiger partial charge in [-0.3, -0.25) is 9.59 Å².